The number of carbonyl (C=O) groups excluding carboxylic acids is 1. The van der Waals surface area contributed by atoms with E-state index in [2.05, 4.69) is 6.58 Å². The highest BCUT2D eigenvalue weighted by molar-refractivity contribution is 5.89. The highest BCUT2D eigenvalue weighted by atomic mass is 16.3. The van der Waals surface area contributed by atoms with Gasteiger partial charge in [0.15, 0.2) is 5.78 Å². The van der Waals surface area contributed by atoms with E-state index < -0.39 is 52.4 Å². The summed E-state index contributed by atoms with van der Waals surface area (Å²) in [7, 11) is 0. The van der Waals surface area contributed by atoms with Gasteiger partial charge in [-0.2, -0.15) is 0 Å². The van der Waals surface area contributed by atoms with Gasteiger partial charge in [-0.15, -0.1) is 6.58 Å². The minimum Gasteiger partial charge on any atom is -0.392 e. The summed E-state index contributed by atoms with van der Waals surface area (Å²) in [5, 5.41) is 44.0. The van der Waals surface area contributed by atoms with Crippen LogP contribution in [-0.2, 0) is 4.79 Å². The van der Waals surface area contributed by atoms with E-state index in [0.29, 0.717) is 12.8 Å². The van der Waals surface area contributed by atoms with Crippen molar-refractivity contribution in [2.45, 2.75) is 77.8 Å². The molecule has 4 N–H and O–H groups in total. The standard InChI is InChI=1S/C20H34O5/c1-7-11(2)10-14(22)20(25)12(3)15(23)16(24)17-18(4,5)9-8-13(21)19(17,20)6/h7,11-13,15-17,21,23-25H,1,8-10H2,2-6H3/t11-,12+,13+,15-,16-,17+,19+,20+/m1/s1. The molecule has 5 heteroatoms. The fourth-order valence-electron chi connectivity index (χ4n) is 5.61. The van der Waals surface area contributed by atoms with Crippen molar-refractivity contribution in [3.63, 3.8) is 0 Å². The molecule has 0 amide bonds. The SMILES string of the molecule is C=C[C@@H](C)CC(=O)[C@@]1(O)[C@@H](C)[C@@H](O)[C@@H](O)[C@H]2C(C)(C)CC[C@H](O)[C@@]21C. The molecule has 25 heavy (non-hydrogen) atoms. The van der Waals surface area contributed by atoms with Crippen LogP contribution in [-0.4, -0.2) is 50.1 Å². The van der Waals surface area contributed by atoms with Crippen LogP contribution in [0.4, 0.5) is 0 Å². The Hall–Kier alpha value is -0.750. The van der Waals surface area contributed by atoms with Crippen molar-refractivity contribution in [2.24, 2.45) is 28.6 Å². The fraction of sp³-hybridized carbons (Fsp3) is 0.850. The number of ketones is 1. The van der Waals surface area contributed by atoms with Crippen LogP contribution >= 0.6 is 0 Å². The number of hydrogen-bond acceptors (Lipinski definition) is 5. The second-order valence-electron chi connectivity index (χ2n) is 9.18. The van der Waals surface area contributed by atoms with Gasteiger partial charge in [-0.05, 0) is 24.2 Å². The Morgan fingerprint density at radius 2 is 1.80 bits per heavy atom. The topological polar surface area (TPSA) is 98.0 Å². The number of fused-ring (bicyclic) bond motifs is 1. The molecule has 0 heterocycles. The predicted octanol–water partition coefficient (Wildman–Crippen LogP) is 1.67. The number of carbonyl (C=O) groups is 1. The van der Waals surface area contributed by atoms with E-state index in [-0.39, 0.29) is 12.3 Å². The van der Waals surface area contributed by atoms with Crippen LogP contribution < -0.4 is 0 Å². The summed E-state index contributed by atoms with van der Waals surface area (Å²) in [6, 6.07) is 0. The molecule has 0 unspecified atom stereocenters. The van der Waals surface area contributed by atoms with Crippen LogP contribution in [0.2, 0.25) is 0 Å². The zero-order valence-electron chi connectivity index (χ0n) is 16.1. The highest BCUT2D eigenvalue weighted by Gasteiger charge is 2.72. The second-order valence-corrected chi connectivity index (χ2v) is 9.18. The largest absolute Gasteiger partial charge is 0.392 e. The molecule has 0 aromatic heterocycles. The minimum absolute atomic E-state index is 0.0859. The average Bonchev–Trinajstić information content (AvgIpc) is 2.54. The summed E-state index contributed by atoms with van der Waals surface area (Å²) in [5.41, 5.74) is -3.57. The molecule has 0 radical (unpaired) electrons. The maximum absolute atomic E-state index is 13.2. The molecule has 0 bridgehead atoms. The number of hydrogen-bond donors (Lipinski definition) is 4. The molecule has 0 saturated heterocycles. The van der Waals surface area contributed by atoms with E-state index in [9.17, 15) is 25.2 Å². The zero-order valence-corrected chi connectivity index (χ0v) is 16.1. The van der Waals surface area contributed by atoms with Crippen LogP contribution in [0.5, 0.6) is 0 Å². The first-order valence-corrected chi connectivity index (χ1v) is 9.28. The Morgan fingerprint density at radius 3 is 2.32 bits per heavy atom. The minimum atomic E-state index is -1.91. The van der Waals surface area contributed by atoms with Crippen molar-refractivity contribution >= 4 is 5.78 Å². The number of aliphatic hydroxyl groups is 4. The van der Waals surface area contributed by atoms with Crippen molar-refractivity contribution in [3.05, 3.63) is 12.7 Å². The molecule has 144 valence electrons. The Morgan fingerprint density at radius 1 is 1.24 bits per heavy atom. The Bertz CT molecular complexity index is 544. The van der Waals surface area contributed by atoms with Crippen LogP contribution in [0, 0.1) is 28.6 Å². The van der Waals surface area contributed by atoms with E-state index in [0.717, 1.165) is 0 Å². The van der Waals surface area contributed by atoms with Crippen molar-refractivity contribution in [1.82, 2.24) is 0 Å². The molecular weight excluding hydrogens is 320 g/mol. The van der Waals surface area contributed by atoms with Gasteiger partial charge < -0.3 is 20.4 Å². The molecule has 0 aliphatic heterocycles. The molecule has 2 fully saturated rings. The van der Waals surface area contributed by atoms with Gasteiger partial charge >= 0.3 is 0 Å². The lowest BCUT2D eigenvalue weighted by Crippen LogP contribution is -2.76. The quantitative estimate of drug-likeness (QED) is 0.576. The third kappa shape index (κ3) is 2.71. The van der Waals surface area contributed by atoms with E-state index in [1.165, 1.54) is 0 Å². The van der Waals surface area contributed by atoms with E-state index in [1.54, 1.807) is 19.9 Å². The monoisotopic (exact) mass is 354 g/mol. The first-order chi connectivity index (χ1) is 11.4. The second kappa shape index (κ2) is 6.45. The van der Waals surface area contributed by atoms with Crippen LogP contribution in [0.25, 0.3) is 0 Å². The summed E-state index contributed by atoms with van der Waals surface area (Å²) in [5.74, 6) is -1.99. The summed E-state index contributed by atoms with van der Waals surface area (Å²) in [6.45, 7) is 12.7. The van der Waals surface area contributed by atoms with Gasteiger partial charge in [0, 0.05) is 23.7 Å². The third-order valence-corrected chi connectivity index (χ3v) is 7.26. The normalized spacial score (nSPS) is 47.6. The molecule has 2 aliphatic rings. The van der Waals surface area contributed by atoms with Crippen molar-refractivity contribution in [2.75, 3.05) is 0 Å². The average molecular weight is 354 g/mol. The van der Waals surface area contributed by atoms with Gasteiger partial charge in [0.2, 0.25) is 0 Å². The van der Waals surface area contributed by atoms with Crippen molar-refractivity contribution in [1.29, 1.82) is 0 Å². The Kier molecular flexibility index (Phi) is 5.30. The number of Topliss-reactive ketones (excluding diaryl/α,β-unsaturated/α-hetero) is 1. The smallest absolute Gasteiger partial charge is 0.165 e. The first-order valence-electron chi connectivity index (χ1n) is 9.28. The van der Waals surface area contributed by atoms with Crippen molar-refractivity contribution < 1.29 is 25.2 Å². The summed E-state index contributed by atoms with van der Waals surface area (Å²) < 4.78 is 0. The van der Waals surface area contributed by atoms with E-state index in [4.69, 9.17) is 0 Å². The molecule has 2 aliphatic carbocycles. The maximum atomic E-state index is 13.2. The predicted molar refractivity (Wildman–Crippen MR) is 95.7 cm³/mol. The highest BCUT2D eigenvalue weighted by Crippen LogP contribution is 2.63. The van der Waals surface area contributed by atoms with Gasteiger partial charge in [0.1, 0.15) is 5.60 Å². The lowest BCUT2D eigenvalue weighted by Gasteiger charge is -2.66. The lowest BCUT2D eigenvalue weighted by molar-refractivity contribution is -0.292. The van der Waals surface area contributed by atoms with Gasteiger partial charge in [0.05, 0.1) is 18.3 Å². The Labute approximate surface area is 150 Å². The summed E-state index contributed by atoms with van der Waals surface area (Å²) >= 11 is 0. The molecule has 2 saturated carbocycles. The van der Waals surface area contributed by atoms with Gasteiger partial charge in [0.25, 0.3) is 0 Å². The fourth-order valence-corrected chi connectivity index (χ4v) is 5.61. The molecule has 0 aromatic rings. The summed E-state index contributed by atoms with van der Waals surface area (Å²) in [6.07, 6.45) is -0.417. The Balaban J connectivity index is 2.63. The number of aliphatic hydroxyl groups excluding tert-OH is 3. The molecule has 0 spiro atoms. The van der Waals surface area contributed by atoms with Crippen molar-refractivity contribution in [3.8, 4) is 0 Å². The van der Waals surface area contributed by atoms with E-state index >= 15 is 0 Å². The molecule has 8 atom stereocenters. The maximum Gasteiger partial charge on any atom is 0.165 e. The van der Waals surface area contributed by atoms with E-state index in [1.807, 2.05) is 20.8 Å². The van der Waals surface area contributed by atoms with Gasteiger partial charge in [-0.3, -0.25) is 4.79 Å². The summed E-state index contributed by atoms with van der Waals surface area (Å²) in [4.78, 5) is 13.2. The van der Waals surface area contributed by atoms with Gasteiger partial charge in [-0.25, -0.2) is 0 Å². The number of rotatable bonds is 4. The zero-order chi connectivity index (χ0) is 19.4. The van der Waals surface area contributed by atoms with Crippen LogP contribution in [0.3, 0.4) is 0 Å². The lowest BCUT2D eigenvalue weighted by atomic mass is 9.41. The van der Waals surface area contributed by atoms with Crippen LogP contribution in [0.15, 0.2) is 12.7 Å². The molecular formula is C20H34O5. The molecule has 5 nitrogen and oxygen atoms in total. The molecule has 2 rings (SSSR count). The van der Waals surface area contributed by atoms with Gasteiger partial charge in [-0.1, -0.05) is 40.7 Å². The number of allylic oxidation sites excluding steroid dienone is 1. The third-order valence-electron chi connectivity index (χ3n) is 7.26. The first kappa shape index (κ1) is 20.6. The molecule has 0 aromatic carbocycles. The van der Waals surface area contributed by atoms with Crippen LogP contribution in [0.1, 0.15) is 53.9 Å².